The molecule has 5 aliphatic rings. The van der Waals surface area contributed by atoms with Crippen molar-refractivity contribution in [3.63, 3.8) is 0 Å². The number of carboxylic acid groups (broad SMARTS) is 1. The van der Waals surface area contributed by atoms with Gasteiger partial charge < -0.3 is 30.0 Å². The summed E-state index contributed by atoms with van der Waals surface area (Å²) in [5, 5.41) is 26.6. The number of aliphatic carboxylic acids is 1. The number of pyridine rings is 2. The van der Waals surface area contributed by atoms with Gasteiger partial charge in [0.05, 0.1) is 23.2 Å². The summed E-state index contributed by atoms with van der Waals surface area (Å²) in [6, 6.07) is 20.2. The van der Waals surface area contributed by atoms with Crippen LogP contribution in [-0.4, -0.2) is 70.7 Å². The Kier molecular flexibility index (Phi) is 11.3. The van der Waals surface area contributed by atoms with E-state index in [2.05, 4.69) is 21.6 Å². The average molecular weight is 812 g/mol. The zero-order valence-electron chi connectivity index (χ0n) is 31.7. The lowest BCUT2D eigenvalue weighted by Gasteiger charge is -2.50. The fourth-order valence-corrected chi connectivity index (χ4v) is 9.55. The minimum atomic E-state index is -0.748. The summed E-state index contributed by atoms with van der Waals surface area (Å²) >= 11 is 14.1. The number of benzene rings is 2. The Bertz CT molecular complexity index is 2240. The number of hydrogen-bond donors (Lipinski definition) is 3. The molecule has 3 N–H and O–H groups in total. The average Bonchev–Trinajstić information content (AvgIpc) is 3.84. The van der Waals surface area contributed by atoms with E-state index >= 15 is 0 Å². The molecule has 12 nitrogen and oxygen atoms in total. The van der Waals surface area contributed by atoms with Crippen LogP contribution in [0.2, 0.25) is 10.0 Å². The highest BCUT2D eigenvalue weighted by molar-refractivity contribution is 6.36. The molecule has 296 valence electrons. The van der Waals surface area contributed by atoms with Gasteiger partial charge in [0.2, 0.25) is 23.5 Å². The lowest BCUT2D eigenvalue weighted by Crippen LogP contribution is -2.56. The number of carbonyl (C=O) groups is 2. The molecule has 3 aliphatic heterocycles. The Morgan fingerprint density at radius 3 is 2.54 bits per heavy atom. The molecule has 4 aromatic rings. The predicted molar refractivity (Wildman–Crippen MR) is 214 cm³/mol. The minimum absolute atomic E-state index is 0.0928. The Morgan fingerprint density at radius 1 is 1.00 bits per heavy atom. The van der Waals surface area contributed by atoms with Crippen LogP contribution in [0.15, 0.2) is 54.6 Å². The van der Waals surface area contributed by atoms with Gasteiger partial charge >= 0.3 is 5.97 Å². The summed E-state index contributed by atoms with van der Waals surface area (Å²) in [6.45, 7) is 1.87. The van der Waals surface area contributed by atoms with E-state index in [0.717, 1.165) is 59.1 Å². The number of nitrogens with one attached hydrogen (secondary N) is 2. The molecular weight excluding hydrogens is 767 g/mol. The number of aromatic nitrogens is 2. The maximum atomic E-state index is 12.2. The minimum Gasteiger partial charge on any atom is -0.481 e. The van der Waals surface area contributed by atoms with E-state index < -0.39 is 11.4 Å². The van der Waals surface area contributed by atoms with Gasteiger partial charge in [0.25, 0.3) is 0 Å². The largest absolute Gasteiger partial charge is 0.481 e. The van der Waals surface area contributed by atoms with Gasteiger partial charge in [-0.05, 0) is 73.8 Å². The Balaban J connectivity index is 1.01. The van der Waals surface area contributed by atoms with Crippen molar-refractivity contribution >= 4 is 35.1 Å². The third-order valence-corrected chi connectivity index (χ3v) is 12.7. The van der Waals surface area contributed by atoms with E-state index in [1.54, 1.807) is 13.2 Å². The third-order valence-electron chi connectivity index (χ3n) is 12.0. The van der Waals surface area contributed by atoms with Crippen LogP contribution in [0.1, 0.15) is 73.3 Å². The normalized spacial score (nSPS) is 22.5. The van der Waals surface area contributed by atoms with Gasteiger partial charge in [-0.25, -0.2) is 4.98 Å². The fraction of sp³-hybridized carbons (Fsp3) is 0.419. The number of fused-ring (bicyclic) bond motifs is 4. The van der Waals surface area contributed by atoms with Crippen molar-refractivity contribution in [1.82, 2.24) is 25.5 Å². The zero-order chi connectivity index (χ0) is 39.7. The number of hydrogen-bond acceptors (Lipinski definition) is 10. The van der Waals surface area contributed by atoms with Crippen LogP contribution in [0.4, 0.5) is 0 Å². The van der Waals surface area contributed by atoms with Crippen LogP contribution in [-0.2, 0) is 29.1 Å². The van der Waals surface area contributed by atoms with Gasteiger partial charge in [-0.2, -0.15) is 10.2 Å². The molecule has 5 heterocycles. The van der Waals surface area contributed by atoms with Gasteiger partial charge in [-0.15, -0.1) is 0 Å². The van der Waals surface area contributed by atoms with Crippen molar-refractivity contribution in [1.29, 1.82) is 5.26 Å². The van der Waals surface area contributed by atoms with E-state index in [-0.39, 0.29) is 42.5 Å². The zero-order valence-corrected chi connectivity index (χ0v) is 33.2. The first kappa shape index (κ1) is 38.9. The number of ether oxygens (including phenoxy) is 3. The van der Waals surface area contributed by atoms with Crippen LogP contribution in [0.3, 0.4) is 0 Å². The summed E-state index contributed by atoms with van der Waals surface area (Å²) < 4.78 is 18.0. The molecule has 3 saturated heterocycles. The summed E-state index contributed by atoms with van der Waals surface area (Å²) in [5.41, 5.74) is 6.32. The van der Waals surface area contributed by atoms with E-state index in [1.807, 2.05) is 48.5 Å². The molecule has 0 radical (unpaired) electrons. The first-order valence-corrected chi connectivity index (χ1v) is 20.2. The van der Waals surface area contributed by atoms with Gasteiger partial charge in [0.15, 0.2) is 6.61 Å². The summed E-state index contributed by atoms with van der Waals surface area (Å²) in [5.74, 6) is 0.315. The van der Waals surface area contributed by atoms with Crippen LogP contribution in [0.25, 0.3) is 22.4 Å². The molecule has 4 fully saturated rings. The van der Waals surface area contributed by atoms with Gasteiger partial charge in [-0.1, -0.05) is 65.7 Å². The van der Waals surface area contributed by atoms with Crippen LogP contribution in [0.5, 0.6) is 17.6 Å². The lowest BCUT2D eigenvalue weighted by molar-refractivity contribution is -0.160. The summed E-state index contributed by atoms with van der Waals surface area (Å²) in [7, 11) is 1.60. The van der Waals surface area contributed by atoms with E-state index in [9.17, 15) is 20.0 Å². The Morgan fingerprint density at radius 2 is 1.79 bits per heavy atom. The molecule has 1 saturated carbocycles. The molecule has 2 aliphatic carbocycles. The van der Waals surface area contributed by atoms with Gasteiger partial charge in [0.1, 0.15) is 17.2 Å². The second-order valence-corrected chi connectivity index (χ2v) is 16.2. The van der Waals surface area contributed by atoms with Crippen molar-refractivity contribution in [3.8, 4) is 46.1 Å². The highest BCUT2D eigenvalue weighted by atomic mass is 35.5. The number of carboxylic acids is 1. The first-order chi connectivity index (χ1) is 27.7. The number of nitriles is 1. The standard InChI is InChI=1S/C43H44Cl2N6O6/c1-55-39-25(21-47-22-27-9-13-37(52)48-27)8-11-35(49-39)33-7-3-6-32(38(33)45)29-4-2-5-31-30(29)10-12-36(31)57-41-34(44)20-26(40(50-41)56-19-18-46)23-51-24-43(42(53)54)16-14-28(51)15-17-43/h2-8,11,20,27-28,36,47H,9-10,12-17,19,21-24H2,1H3,(H,48,52)(H,53,54)/t27-,28?,36-,43?/m0/s1. The van der Waals surface area contributed by atoms with Crippen LogP contribution >= 0.6 is 23.2 Å². The summed E-state index contributed by atoms with van der Waals surface area (Å²) in [4.78, 5) is 35.5. The highest BCUT2D eigenvalue weighted by Crippen LogP contribution is 2.47. The van der Waals surface area contributed by atoms with Crippen molar-refractivity contribution in [2.45, 2.75) is 82.6 Å². The molecule has 2 aromatic carbocycles. The predicted octanol–water partition coefficient (Wildman–Crippen LogP) is 7.29. The summed E-state index contributed by atoms with van der Waals surface area (Å²) in [6.07, 6.45) is 5.48. The Labute approximate surface area is 341 Å². The number of nitrogens with zero attached hydrogens (tertiary/aromatic N) is 4. The lowest BCUT2D eigenvalue weighted by atomic mass is 9.67. The quantitative estimate of drug-likeness (QED) is 0.117. The second-order valence-electron chi connectivity index (χ2n) is 15.4. The maximum absolute atomic E-state index is 12.2. The highest BCUT2D eigenvalue weighted by Gasteiger charge is 2.49. The van der Waals surface area contributed by atoms with Crippen LogP contribution < -0.4 is 24.8 Å². The molecule has 14 heteroatoms. The van der Waals surface area contributed by atoms with Crippen molar-refractivity contribution < 1.29 is 28.9 Å². The van der Waals surface area contributed by atoms with Crippen LogP contribution in [0, 0.1) is 16.7 Å². The SMILES string of the molecule is COc1nc(-c2cccc(-c3cccc4c3CC[C@@H]4Oc3nc(OCC#N)c(CN4CC5(C(=O)O)CCC4CC5)cc3Cl)c2Cl)ccc1CNC[C@@H]1CCC(=O)N1. The molecule has 57 heavy (non-hydrogen) atoms. The van der Waals surface area contributed by atoms with Gasteiger partial charge in [0, 0.05) is 66.9 Å². The molecule has 2 bridgehead atoms. The van der Waals surface area contributed by atoms with Gasteiger partial charge in [-0.3, -0.25) is 14.5 Å². The third kappa shape index (κ3) is 7.86. The molecule has 2 atom stereocenters. The number of methoxy groups -OCH3 is 1. The maximum Gasteiger partial charge on any atom is 0.310 e. The molecule has 1 amide bonds. The first-order valence-electron chi connectivity index (χ1n) is 19.4. The molecule has 0 unspecified atom stereocenters. The van der Waals surface area contributed by atoms with E-state index in [4.69, 9.17) is 47.4 Å². The molecule has 2 aromatic heterocycles. The molecule has 0 spiro atoms. The monoisotopic (exact) mass is 810 g/mol. The second kappa shape index (κ2) is 16.5. The fourth-order valence-electron chi connectivity index (χ4n) is 9.00. The van der Waals surface area contributed by atoms with Crippen molar-refractivity contribution in [2.24, 2.45) is 5.41 Å². The van der Waals surface area contributed by atoms with Crippen molar-refractivity contribution in [2.75, 3.05) is 26.8 Å². The topological polar surface area (TPSA) is 159 Å². The van der Waals surface area contributed by atoms with E-state index in [0.29, 0.717) is 79.0 Å². The number of halogens is 2. The Hall–Kier alpha value is -4.93. The molecule has 9 rings (SSSR count). The number of amides is 1. The van der Waals surface area contributed by atoms with Crippen molar-refractivity contribution in [3.05, 3.63) is 86.9 Å². The number of rotatable bonds is 14. The number of carbonyl (C=O) groups excluding carboxylic acids is 1. The molecular formula is C43H44Cl2N6O6. The number of piperidine rings is 2. The smallest absolute Gasteiger partial charge is 0.310 e. The van der Waals surface area contributed by atoms with E-state index in [1.165, 1.54) is 0 Å².